The summed E-state index contributed by atoms with van der Waals surface area (Å²) in [6, 6.07) is 14.7. The smallest absolute Gasteiger partial charge is 0.115 e. The molecule has 1 unspecified atom stereocenters. The number of aromatic hydroxyl groups is 1. The molecule has 0 spiro atoms. The fourth-order valence-corrected chi connectivity index (χ4v) is 2.91. The van der Waals surface area contributed by atoms with Gasteiger partial charge >= 0.3 is 0 Å². The summed E-state index contributed by atoms with van der Waals surface area (Å²) in [5.74, 6) is 0.325. The molecule has 21 heavy (non-hydrogen) atoms. The zero-order chi connectivity index (χ0) is 14.8. The first-order chi connectivity index (χ1) is 10.2. The molecule has 0 bridgehead atoms. The molecule has 3 heteroatoms. The van der Waals surface area contributed by atoms with Gasteiger partial charge in [-0.05, 0) is 55.3 Å². The number of benzene rings is 2. The summed E-state index contributed by atoms with van der Waals surface area (Å²) in [6.07, 6.45) is 1.11. The van der Waals surface area contributed by atoms with Crippen LogP contribution in [0.3, 0.4) is 0 Å². The van der Waals surface area contributed by atoms with Crippen LogP contribution in [0.25, 0.3) is 0 Å². The second-order valence-electron chi connectivity index (χ2n) is 5.74. The largest absolute Gasteiger partial charge is 0.508 e. The van der Waals surface area contributed by atoms with Gasteiger partial charge in [-0.3, -0.25) is 0 Å². The van der Waals surface area contributed by atoms with Gasteiger partial charge in [-0.15, -0.1) is 0 Å². The number of hydrogen-bond donors (Lipinski definition) is 2. The first-order valence-electron chi connectivity index (χ1n) is 7.50. The van der Waals surface area contributed by atoms with E-state index in [2.05, 4.69) is 35.3 Å². The van der Waals surface area contributed by atoms with Crippen molar-refractivity contribution in [3.63, 3.8) is 0 Å². The molecule has 0 amide bonds. The summed E-state index contributed by atoms with van der Waals surface area (Å²) in [6.45, 7) is 4.15. The Labute approximate surface area is 126 Å². The summed E-state index contributed by atoms with van der Waals surface area (Å²) >= 11 is 0. The molecule has 0 saturated carbocycles. The molecule has 3 nitrogen and oxygen atoms in total. The lowest BCUT2D eigenvalue weighted by Crippen LogP contribution is -2.19. The average Bonchev–Trinajstić information content (AvgIpc) is 2.91. The van der Waals surface area contributed by atoms with Gasteiger partial charge in [0.05, 0.1) is 0 Å². The van der Waals surface area contributed by atoms with Gasteiger partial charge in [-0.1, -0.05) is 24.3 Å². The van der Waals surface area contributed by atoms with Crippen molar-refractivity contribution in [1.82, 2.24) is 5.32 Å². The summed E-state index contributed by atoms with van der Waals surface area (Å²) in [7, 11) is 2.00. The molecule has 0 radical (unpaired) electrons. The minimum atomic E-state index is 0.325. The molecule has 2 aromatic rings. The number of nitrogens with one attached hydrogen (secondary N) is 1. The highest BCUT2D eigenvalue weighted by atomic mass is 16.3. The first kappa shape index (κ1) is 14.0. The third-order valence-electron chi connectivity index (χ3n) is 4.34. The molecule has 2 N–H and O–H groups in total. The molecule has 2 aromatic carbocycles. The first-order valence-corrected chi connectivity index (χ1v) is 7.50. The van der Waals surface area contributed by atoms with Crippen LogP contribution in [0, 0.1) is 0 Å². The SMILES string of the molecule is CNC(C)c1ccc2c(c1)CCN2Cc1ccc(O)cc1. The quantitative estimate of drug-likeness (QED) is 0.903. The van der Waals surface area contributed by atoms with E-state index in [4.69, 9.17) is 0 Å². The van der Waals surface area contributed by atoms with Crippen LogP contribution in [-0.4, -0.2) is 18.7 Å². The van der Waals surface area contributed by atoms with Gasteiger partial charge in [-0.25, -0.2) is 0 Å². The average molecular weight is 282 g/mol. The van der Waals surface area contributed by atoms with Gasteiger partial charge in [0.25, 0.3) is 0 Å². The molecule has 1 atom stereocenters. The Kier molecular flexibility index (Phi) is 3.84. The van der Waals surface area contributed by atoms with E-state index in [9.17, 15) is 5.11 Å². The zero-order valence-electron chi connectivity index (χ0n) is 12.6. The monoisotopic (exact) mass is 282 g/mol. The predicted molar refractivity (Wildman–Crippen MR) is 86.8 cm³/mol. The van der Waals surface area contributed by atoms with Crippen LogP contribution in [0.5, 0.6) is 5.75 Å². The van der Waals surface area contributed by atoms with Gasteiger partial charge in [0, 0.05) is 24.8 Å². The van der Waals surface area contributed by atoms with Crippen LogP contribution in [-0.2, 0) is 13.0 Å². The van der Waals surface area contributed by atoms with Crippen molar-refractivity contribution >= 4 is 5.69 Å². The molecular weight excluding hydrogens is 260 g/mol. The van der Waals surface area contributed by atoms with E-state index in [-0.39, 0.29) is 0 Å². The second kappa shape index (κ2) is 5.78. The van der Waals surface area contributed by atoms with Crippen molar-refractivity contribution in [2.24, 2.45) is 0 Å². The normalized spacial score (nSPS) is 15.0. The van der Waals surface area contributed by atoms with E-state index >= 15 is 0 Å². The van der Waals surface area contributed by atoms with Crippen molar-refractivity contribution in [3.05, 3.63) is 59.2 Å². The lowest BCUT2D eigenvalue weighted by Gasteiger charge is -2.20. The van der Waals surface area contributed by atoms with Crippen molar-refractivity contribution in [2.45, 2.75) is 25.9 Å². The van der Waals surface area contributed by atoms with E-state index in [0.717, 1.165) is 19.5 Å². The predicted octanol–water partition coefficient (Wildman–Crippen LogP) is 3.24. The molecule has 110 valence electrons. The lowest BCUT2D eigenvalue weighted by molar-refractivity contribution is 0.475. The minimum absolute atomic E-state index is 0.325. The topological polar surface area (TPSA) is 35.5 Å². The standard InChI is InChI=1S/C18H22N2O/c1-13(19-2)15-5-8-18-16(11-15)9-10-20(18)12-14-3-6-17(21)7-4-14/h3-8,11,13,19,21H,9-10,12H2,1-2H3. The number of rotatable bonds is 4. The van der Waals surface area contributed by atoms with Gasteiger partial charge in [0.1, 0.15) is 5.75 Å². The Bertz CT molecular complexity index is 622. The molecule has 1 aliphatic heterocycles. The maximum atomic E-state index is 9.36. The Hall–Kier alpha value is -2.00. The number of nitrogens with zero attached hydrogens (tertiary/aromatic N) is 1. The Morgan fingerprint density at radius 3 is 2.67 bits per heavy atom. The van der Waals surface area contributed by atoms with Crippen molar-refractivity contribution in [2.75, 3.05) is 18.5 Å². The fraction of sp³-hybridized carbons (Fsp3) is 0.333. The molecule has 0 aromatic heterocycles. The van der Waals surface area contributed by atoms with E-state index < -0.39 is 0 Å². The van der Waals surface area contributed by atoms with Gasteiger partial charge in [0.2, 0.25) is 0 Å². The second-order valence-corrected chi connectivity index (χ2v) is 5.74. The highest BCUT2D eigenvalue weighted by molar-refractivity contribution is 5.59. The number of hydrogen-bond acceptors (Lipinski definition) is 3. The summed E-state index contributed by atoms with van der Waals surface area (Å²) in [5.41, 5.74) is 5.36. The van der Waals surface area contributed by atoms with Gasteiger partial charge in [0.15, 0.2) is 0 Å². The lowest BCUT2D eigenvalue weighted by atomic mass is 10.0. The van der Waals surface area contributed by atoms with Crippen LogP contribution in [0.15, 0.2) is 42.5 Å². The third kappa shape index (κ3) is 2.88. The fourth-order valence-electron chi connectivity index (χ4n) is 2.91. The van der Waals surface area contributed by atoms with E-state index in [1.807, 2.05) is 19.2 Å². The van der Waals surface area contributed by atoms with Gasteiger partial charge in [-0.2, -0.15) is 0 Å². The molecule has 0 fully saturated rings. The summed E-state index contributed by atoms with van der Waals surface area (Å²) in [4.78, 5) is 2.41. The van der Waals surface area contributed by atoms with Crippen LogP contribution in [0.2, 0.25) is 0 Å². The number of anilines is 1. The summed E-state index contributed by atoms with van der Waals surface area (Å²) in [5, 5.41) is 12.7. The van der Waals surface area contributed by atoms with E-state index in [0.29, 0.717) is 11.8 Å². The third-order valence-corrected chi connectivity index (χ3v) is 4.34. The van der Waals surface area contributed by atoms with Gasteiger partial charge < -0.3 is 15.3 Å². The van der Waals surface area contributed by atoms with E-state index in [1.54, 1.807) is 12.1 Å². The number of fused-ring (bicyclic) bond motifs is 1. The molecule has 3 rings (SSSR count). The highest BCUT2D eigenvalue weighted by Crippen LogP contribution is 2.31. The van der Waals surface area contributed by atoms with Crippen LogP contribution < -0.4 is 10.2 Å². The molecule has 0 aliphatic carbocycles. The number of phenolic OH excluding ortho intramolecular Hbond substituents is 1. The van der Waals surface area contributed by atoms with Crippen LogP contribution >= 0.6 is 0 Å². The van der Waals surface area contributed by atoms with Crippen molar-refractivity contribution < 1.29 is 5.11 Å². The Morgan fingerprint density at radius 2 is 1.95 bits per heavy atom. The van der Waals surface area contributed by atoms with Crippen molar-refractivity contribution in [3.8, 4) is 5.75 Å². The zero-order valence-corrected chi connectivity index (χ0v) is 12.6. The minimum Gasteiger partial charge on any atom is -0.508 e. The number of phenols is 1. The Morgan fingerprint density at radius 1 is 1.19 bits per heavy atom. The highest BCUT2D eigenvalue weighted by Gasteiger charge is 2.20. The molecule has 0 saturated heterocycles. The maximum absolute atomic E-state index is 9.36. The van der Waals surface area contributed by atoms with Crippen LogP contribution in [0.4, 0.5) is 5.69 Å². The Balaban J connectivity index is 1.79. The molecule has 1 aliphatic rings. The summed E-state index contributed by atoms with van der Waals surface area (Å²) < 4.78 is 0. The van der Waals surface area contributed by atoms with Crippen LogP contribution in [0.1, 0.15) is 29.7 Å². The van der Waals surface area contributed by atoms with Crippen molar-refractivity contribution in [1.29, 1.82) is 0 Å². The molecule has 1 heterocycles. The van der Waals surface area contributed by atoms with E-state index in [1.165, 1.54) is 22.4 Å². The molecular formula is C18H22N2O. The maximum Gasteiger partial charge on any atom is 0.115 e.